The highest BCUT2D eigenvalue weighted by atomic mass is 16.5. The quantitative estimate of drug-likeness (QED) is 0.109. The largest absolute Gasteiger partial charge is 0.493 e. The average Bonchev–Trinajstić information content (AvgIpc) is 3.72. The molecular weight excluding hydrogens is 757 g/mol. The fraction of sp³-hybridized carbons (Fsp3) is 0.591. The fourth-order valence-corrected chi connectivity index (χ4v) is 7.76. The summed E-state index contributed by atoms with van der Waals surface area (Å²) in [6, 6.07) is 12.2. The Labute approximate surface area is 348 Å². The smallest absolute Gasteiger partial charge is 0.251 e. The highest BCUT2D eigenvalue weighted by Gasteiger charge is 2.40. The second-order valence-electron chi connectivity index (χ2n) is 16.1. The first-order valence-corrected chi connectivity index (χ1v) is 21.1. The first-order valence-electron chi connectivity index (χ1n) is 21.1. The average molecular weight is 821 g/mol. The summed E-state index contributed by atoms with van der Waals surface area (Å²) in [5.41, 5.74) is 1.27. The van der Waals surface area contributed by atoms with Crippen LogP contribution in [0.15, 0.2) is 54.6 Å². The van der Waals surface area contributed by atoms with Gasteiger partial charge in [0.2, 0.25) is 29.5 Å². The van der Waals surface area contributed by atoms with Gasteiger partial charge in [0.1, 0.15) is 23.9 Å². The summed E-state index contributed by atoms with van der Waals surface area (Å²) in [5, 5.41) is 31.5. The molecule has 1 saturated heterocycles. The van der Waals surface area contributed by atoms with Crippen molar-refractivity contribution in [2.24, 2.45) is 5.92 Å². The van der Waals surface area contributed by atoms with Crippen LogP contribution in [0, 0.1) is 5.92 Å². The normalized spacial score (nSPS) is 18.1. The van der Waals surface area contributed by atoms with Crippen molar-refractivity contribution in [2.45, 2.75) is 127 Å². The molecule has 2 aromatic rings. The van der Waals surface area contributed by atoms with E-state index >= 15 is 0 Å². The summed E-state index contributed by atoms with van der Waals surface area (Å²) >= 11 is 0. The first-order chi connectivity index (χ1) is 28.3. The van der Waals surface area contributed by atoms with Gasteiger partial charge in [-0.25, -0.2) is 0 Å². The molecule has 6 amide bonds. The number of nitrogens with zero attached hydrogens (tertiary/aromatic N) is 2. The molecule has 0 radical (unpaired) electrons. The predicted octanol–water partition coefficient (Wildman–Crippen LogP) is 2.53. The predicted molar refractivity (Wildman–Crippen MR) is 222 cm³/mol. The summed E-state index contributed by atoms with van der Waals surface area (Å²) in [4.78, 5) is 83.5. The zero-order chi connectivity index (χ0) is 42.9. The summed E-state index contributed by atoms with van der Waals surface area (Å²) in [6.07, 6.45) is 5.61. The van der Waals surface area contributed by atoms with Crippen LogP contribution in [0.5, 0.6) is 5.75 Å². The van der Waals surface area contributed by atoms with Gasteiger partial charge >= 0.3 is 0 Å². The molecule has 1 aliphatic heterocycles. The van der Waals surface area contributed by atoms with E-state index in [9.17, 15) is 39.0 Å². The van der Waals surface area contributed by atoms with E-state index in [2.05, 4.69) is 21.3 Å². The molecule has 59 heavy (non-hydrogen) atoms. The van der Waals surface area contributed by atoms with Crippen molar-refractivity contribution in [1.82, 2.24) is 31.1 Å². The number of likely N-dealkylation sites (tertiary alicyclic amines) is 1. The second kappa shape index (κ2) is 23.5. The van der Waals surface area contributed by atoms with Gasteiger partial charge < -0.3 is 46.0 Å². The lowest BCUT2D eigenvalue weighted by Crippen LogP contribution is -2.57. The highest BCUT2D eigenvalue weighted by molar-refractivity contribution is 5.94. The molecule has 2 aromatic carbocycles. The van der Waals surface area contributed by atoms with Gasteiger partial charge in [-0.05, 0) is 61.8 Å². The van der Waals surface area contributed by atoms with E-state index in [1.54, 1.807) is 69.6 Å². The molecule has 15 heteroatoms. The third-order valence-electron chi connectivity index (χ3n) is 11.0. The Morgan fingerprint density at radius 3 is 2.27 bits per heavy atom. The molecule has 0 aromatic heterocycles. The van der Waals surface area contributed by atoms with Crippen LogP contribution in [-0.2, 0) is 35.2 Å². The minimum Gasteiger partial charge on any atom is -0.493 e. The lowest BCUT2D eigenvalue weighted by atomic mass is 9.84. The molecule has 2 unspecified atom stereocenters. The van der Waals surface area contributed by atoms with E-state index in [4.69, 9.17) is 4.74 Å². The van der Waals surface area contributed by atoms with Gasteiger partial charge in [0.05, 0.1) is 31.7 Å². The van der Waals surface area contributed by atoms with Crippen molar-refractivity contribution in [3.05, 3.63) is 65.7 Å². The van der Waals surface area contributed by atoms with E-state index in [-0.39, 0.29) is 36.5 Å². The molecule has 2 fully saturated rings. The summed E-state index contributed by atoms with van der Waals surface area (Å²) in [6.45, 7) is 3.66. The molecule has 2 aliphatic rings. The molecule has 6 N–H and O–H groups in total. The number of carbonyl (C=O) groups excluding carboxylic acids is 6. The monoisotopic (exact) mass is 820 g/mol. The van der Waals surface area contributed by atoms with E-state index in [1.165, 1.54) is 9.80 Å². The molecule has 1 aliphatic carbocycles. The number of carbonyl (C=O) groups is 6. The lowest BCUT2D eigenvalue weighted by Gasteiger charge is -2.32. The van der Waals surface area contributed by atoms with Crippen LogP contribution in [0.1, 0.15) is 102 Å². The Morgan fingerprint density at radius 1 is 0.864 bits per heavy atom. The molecule has 4 rings (SSSR count). The Kier molecular flexibility index (Phi) is 18.6. The number of likely N-dealkylation sites (N-methyl/N-ethyl adjacent to an activating group) is 1. The van der Waals surface area contributed by atoms with Crippen molar-refractivity contribution >= 4 is 35.4 Å². The van der Waals surface area contributed by atoms with Gasteiger partial charge in [0.15, 0.2) is 6.10 Å². The fourth-order valence-electron chi connectivity index (χ4n) is 7.76. The number of ether oxygens (including phenoxy) is 1. The van der Waals surface area contributed by atoms with Gasteiger partial charge in [-0.3, -0.25) is 28.8 Å². The van der Waals surface area contributed by atoms with E-state index in [0.29, 0.717) is 62.1 Å². The number of hydrogen-bond donors (Lipinski definition) is 6. The van der Waals surface area contributed by atoms with Crippen molar-refractivity contribution in [2.75, 3.05) is 33.8 Å². The maximum absolute atomic E-state index is 14.3. The van der Waals surface area contributed by atoms with Crippen LogP contribution in [0.3, 0.4) is 0 Å². The van der Waals surface area contributed by atoms with Crippen molar-refractivity contribution < 1.29 is 43.7 Å². The number of amides is 6. The number of aliphatic hydroxyl groups is 2. The summed E-state index contributed by atoms with van der Waals surface area (Å²) in [5.74, 6) is -2.23. The van der Waals surface area contributed by atoms with E-state index < -0.39 is 60.6 Å². The van der Waals surface area contributed by atoms with Crippen LogP contribution < -0.4 is 26.0 Å². The van der Waals surface area contributed by atoms with Crippen LogP contribution in [0.25, 0.3) is 0 Å². The molecule has 324 valence electrons. The molecule has 0 bridgehead atoms. The Hall–Kier alpha value is -5.02. The minimum atomic E-state index is -1.70. The zero-order valence-corrected chi connectivity index (χ0v) is 35.0. The Balaban J connectivity index is 1.38. The number of nitrogens with one attached hydrogen (secondary N) is 4. The minimum absolute atomic E-state index is 0.0219. The summed E-state index contributed by atoms with van der Waals surface area (Å²) in [7, 11) is 3.14. The van der Waals surface area contributed by atoms with Gasteiger partial charge in [-0.1, -0.05) is 87.9 Å². The SMILES string of the molecule is CCCC(NC(=O)[C@@H]1CCCN1C(=O)[C@H](CC1CCCCC1)NC(=O)Cc1cccc(OCC[C@@H](C)O)c1)C(O)C(=O)NCC(=O)N[C@H](C(=O)N(C)C)c1ccccc1. The molecule has 15 nitrogen and oxygen atoms in total. The summed E-state index contributed by atoms with van der Waals surface area (Å²) < 4.78 is 5.74. The Morgan fingerprint density at radius 2 is 1.59 bits per heavy atom. The van der Waals surface area contributed by atoms with Gasteiger partial charge in [-0.15, -0.1) is 0 Å². The molecule has 1 saturated carbocycles. The van der Waals surface area contributed by atoms with Crippen LogP contribution in [0.4, 0.5) is 0 Å². The van der Waals surface area contributed by atoms with Gasteiger partial charge in [-0.2, -0.15) is 0 Å². The Bertz CT molecular complexity index is 1700. The number of rotatable bonds is 21. The third-order valence-corrected chi connectivity index (χ3v) is 11.0. The molecule has 1 heterocycles. The van der Waals surface area contributed by atoms with E-state index in [0.717, 1.165) is 32.1 Å². The molecular formula is C44H64N6O9. The van der Waals surface area contributed by atoms with Crippen LogP contribution >= 0.6 is 0 Å². The standard InChI is InChI=1S/C44H64N6O9/c1-5-14-34(40(54)42(56)45-28-38(53)48-39(44(58)49(3)4)32-18-10-7-11-19-32)47-41(55)36-21-13-23-50(36)43(57)35(26-30-15-8-6-9-16-30)46-37(52)27-31-17-12-20-33(25-31)59-24-22-29(2)51/h7,10-12,17-20,25,29-30,34-36,39-40,51,54H,5-6,8-9,13-16,21-24,26-28H2,1-4H3,(H,45,56)(H,46,52)(H,47,55)(H,48,53)/t29-,34?,35+,36+,39+,40?/m1/s1. The van der Waals surface area contributed by atoms with Crippen LogP contribution in [0.2, 0.25) is 0 Å². The maximum atomic E-state index is 14.3. The van der Waals surface area contributed by atoms with Gasteiger partial charge in [0, 0.05) is 27.1 Å². The van der Waals surface area contributed by atoms with Crippen LogP contribution in [-0.4, -0.2) is 120 Å². The highest BCUT2D eigenvalue weighted by Crippen LogP contribution is 2.29. The lowest BCUT2D eigenvalue weighted by molar-refractivity contribution is -0.143. The topological polar surface area (TPSA) is 207 Å². The van der Waals surface area contributed by atoms with E-state index in [1.807, 2.05) is 13.0 Å². The van der Waals surface area contributed by atoms with Crippen molar-refractivity contribution in [1.29, 1.82) is 0 Å². The van der Waals surface area contributed by atoms with Gasteiger partial charge in [0.25, 0.3) is 5.91 Å². The first kappa shape index (κ1) is 46.7. The number of hydrogen-bond acceptors (Lipinski definition) is 9. The van der Waals surface area contributed by atoms with Crippen molar-refractivity contribution in [3.63, 3.8) is 0 Å². The second-order valence-corrected chi connectivity index (χ2v) is 16.1. The van der Waals surface area contributed by atoms with Crippen molar-refractivity contribution in [3.8, 4) is 5.75 Å². The third kappa shape index (κ3) is 14.6. The molecule has 0 spiro atoms. The number of benzene rings is 2. The molecule has 6 atom stereocenters. The maximum Gasteiger partial charge on any atom is 0.251 e. The zero-order valence-electron chi connectivity index (χ0n) is 35.0. The number of aliphatic hydroxyl groups excluding tert-OH is 2.